The normalized spacial score (nSPS) is 19.6. The van der Waals surface area contributed by atoms with Crippen LogP contribution in [0, 0.1) is 5.92 Å². The van der Waals surface area contributed by atoms with E-state index < -0.39 is 69.7 Å². The zero-order valence-corrected chi connectivity index (χ0v) is 24.6. The molecule has 6 rings (SSSR count). The number of hydrogen-bond donors (Lipinski definition) is 2. The lowest BCUT2D eigenvalue weighted by atomic mass is 9.82. The zero-order valence-electron chi connectivity index (χ0n) is 22.9. The fraction of sp³-hybridized carbons (Fsp3) is 0.200. The van der Waals surface area contributed by atoms with Gasteiger partial charge in [0.25, 0.3) is 0 Å². The summed E-state index contributed by atoms with van der Waals surface area (Å²) in [6.45, 7) is -0.668. The van der Waals surface area contributed by atoms with Crippen LogP contribution >= 0.6 is 23.1 Å². The molecule has 4 aromatic rings. The van der Waals surface area contributed by atoms with Crippen molar-refractivity contribution >= 4 is 52.2 Å². The third-order valence-corrected chi connectivity index (χ3v) is 10.1. The first kappa shape index (κ1) is 31.4. The molecule has 3 amide bonds. The molecule has 3 aromatic carbocycles. The van der Waals surface area contributed by atoms with E-state index in [1.54, 1.807) is 6.07 Å². The van der Waals surface area contributed by atoms with Crippen molar-refractivity contribution in [3.05, 3.63) is 104 Å². The molecule has 0 unspecified atom stereocenters. The number of carbonyl (C=O) groups is 3. The van der Waals surface area contributed by atoms with Crippen molar-refractivity contribution in [1.82, 2.24) is 4.57 Å². The smallest absolute Gasteiger partial charge is 0.416 e. The second-order valence-electron chi connectivity index (χ2n) is 10.4. The Kier molecular flexibility index (Phi) is 7.75. The van der Waals surface area contributed by atoms with E-state index in [1.807, 2.05) is 0 Å². The molecular weight excluding hydrogens is 660 g/mol. The predicted molar refractivity (Wildman–Crippen MR) is 156 cm³/mol. The first-order valence-electron chi connectivity index (χ1n) is 13.4. The summed E-state index contributed by atoms with van der Waals surface area (Å²) in [5.41, 5.74) is -2.39. The number of hydrogen-bond acceptors (Lipinski definition) is 7. The number of carbonyl (C=O) groups excluding carboxylic acids is 3. The molecule has 1 fully saturated rings. The Morgan fingerprint density at radius 3 is 2.17 bits per heavy atom. The minimum atomic E-state index is -4.75. The number of aromatic hydroxyl groups is 1. The summed E-state index contributed by atoms with van der Waals surface area (Å²) >= 11 is 1.44. The molecule has 0 spiro atoms. The second-order valence-corrected chi connectivity index (χ2v) is 12.5. The number of aromatic nitrogens is 1. The number of anilines is 2. The molecule has 3 atom stereocenters. The lowest BCUT2D eigenvalue weighted by molar-refractivity contribution is -0.138. The predicted octanol–water partition coefficient (Wildman–Crippen LogP) is 6.09. The van der Waals surface area contributed by atoms with Gasteiger partial charge in [-0.3, -0.25) is 23.7 Å². The van der Waals surface area contributed by atoms with Gasteiger partial charge in [-0.15, -0.1) is 0 Å². The highest BCUT2D eigenvalue weighted by molar-refractivity contribution is 8.00. The zero-order chi connectivity index (χ0) is 33.1. The standard InChI is InChI=1S/C30H19F6N3O5S2/c31-29(32,33)14-5-3-7-16(11-14)37-20(41)13-38-27-24(46-28(38)44)21(18-9-1-2-10-19(18)40)22-23(45-27)26(43)39(25(22)42)17-8-4-6-15(12-17)30(34,35)36/h1-12,21-23,40H,13H2,(H,37,41)/t21-,22+,23-/m0/s1. The van der Waals surface area contributed by atoms with Gasteiger partial charge in [0.15, 0.2) is 0 Å². The average molecular weight is 680 g/mol. The molecule has 2 aliphatic heterocycles. The van der Waals surface area contributed by atoms with Gasteiger partial charge < -0.3 is 10.4 Å². The fourth-order valence-corrected chi connectivity index (χ4v) is 8.30. The Hall–Kier alpha value is -4.57. The van der Waals surface area contributed by atoms with E-state index in [0.29, 0.717) is 22.3 Å². The molecular formula is C30H19F6N3O5S2. The summed E-state index contributed by atoms with van der Waals surface area (Å²) in [7, 11) is 0. The van der Waals surface area contributed by atoms with Gasteiger partial charge in [0, 0.05) is 22.0 Å². The Bertz CT molecular complexity index is 1950. The number of thiazole rings is 1. The highest BCUT2D eigenvalue weighted by atomic mass is 32.2. The Labute approximate surface area is 263 Å². The number of fused-ring (bicyclic) bond motifs is 2. The van der Waals surface area contributed by atoms with E-state index in [2.05, 4.69) is 5.32 Å². The van der Waals surface area contributed by atoms with Crippen LogP contribution in [0.1, 0.15) is 27.5 Å². The third kappa shape index (κ3) is 5.55. The Morgan fingerprint density at radius 1 is 0.848 bits per heavy atom. The molecule has 2 N–H and O–H groups in total. The number of thioether (sulfide) groups is 1. The van der Waals surface area contributed by atoms with Crippen LogP contribution in [0.3, 0.4) is 0 Å². The number of phenols is 1. The molecule has 1 saturated heterocycles. The van der Waals surface area contributed by atoms with E-state index in [1.165, 1.54) is 30.3 Å². The number of rotatable bonds is 5. The van der Waals surface area contributed by atoms with Gasteiger partial charge in [0.2, 0.25) is 17.7 Å². The quantitative estimate of drug-likeness (QED) is 0.195. The van der Waals surface area contributed by atoms with Crippen molar-refractivity contribution < 1.29 is 45.8 Å². The third-order valence-electron chi connectivity index (χ3n) is 7.53. The number of amides is 3. The topological polar surface area (TPSA) is 109 Å². The molecule has 0 bridgehead atoms. The van der Waals surface area contributed by atoms with Gasteiger partial charge >= 0.3 is 17.2 Å². The number of halogens is 6. The van der Waals surface area contributed by atoms with Crippen molar-refractivity contribution in [2.45, 2.75) is 35.1 Å². The summed E-state index contributed by atoms with van der Waals surface area (Å²) in [5, 5.41) is 11.9. The number of alkyl halides is 6. The van der Waals surface area contributed by atoms with Crippen LogP contribution in [0.2, 0.25) is 0 Å². The monoisotopic (exact) mass is 679 g/mol. The minimum absolute atomic E-state index is 0.107. The number of phenolic OH excluding ortho intramolecular Hbond substituents is 1. The molecule has 0 radical (unpaired) electrons. The lowest BCUT2D eigenvalue weighted by Gasteiger charge is -2.31. The van der Waals surface area contributed by atoms with E-state index >= 15 is 0 Å². The number of imide groups is 1. The fourth-order valence-electron chi connectivity index (χ4n) is 5.53. The molecule has 16 heteroatoms. The molecule has 238 valence electrons. The van der Waals surface area contributed by atoms with Crippen molar-refractivity contribution in [3.8, 4) is 5.75 Å². The van der Waals surface area contributed by atoms with E-state index in [0.717, 1.165) is 46.7 Å². The minimum Gasteiger partial charge on any atom is -0.508 e. The molecule has 3 heterocycles. The lowest BCUT2D eigenvalue weighted by Crippen LogP contribution is -2.33. The first-order valence-corrected chi connectivity index (χ1v) is 15.0. The van der Waals surface area contributed by atoms with E-state index in [4.69, 9.17) is 0 Å². The van der Waals surface area contributed by atoms with Crippen LogP contribution in [-0.4, -0.2) is 32.6 Å². The van der Waals surface area contributed by atoms with Gasteiger partial charge in [-0.1, -0.05) is 53.4 Å². The van der Waals surface area contributed by atoms with Crippen LogP contribution in [0.15, 0.2) is 82.6 Å². The maximum absolute atomic E-state index is 13.9. The molecule has 2 aliphatic rings. The van der Waals surface area contributed by atoms with E-state index in [9.17, 15) is 50.6 Å². The highest BCUT2D eigenvalue weighted by Gasteiger charge is 2.57. The number of nitrogens with zero attached hydrogens (tertiary/aromatic N) is 2. The molecule has 0 saturated carbocycles. The number of para-hydroxylation sites is 1. The maximum atomic E-state index is 13.9. The number of benzene rings is 3. The summed E-state index contributed by atoms with van der Waals surface area (Å²) in [6.07, 6.45) is -9.42. The van der Waals surface area contributed by atoms with Crippen molar-refractivity contribution in [2.75, 3.05) is 10.2 Å². The van der Waals surface area contributed by atoms with Crippen molar-refractivity contribution in [1.29, 1.82) is 0 Å². The summed E-state index contributed by atoms with van der Waals surface area (Å²) < 4.78 is 80.9. The van der Waals surface area contributed by atoms with Crippen LogP contribution in [-0.2, 0) is 33.3 Å². The molecule has 8 nitrogen and oxygen atoms in total. The van der Waals surface area contributed by atoms with Gasteiger partial charge in [0.05, 0.1) is 27.8 Å². The molecule has 0 aliphatic carbocycles. The maximum Gasteiger partial charge on any atom is 0.416 e. The van der Waals surface area contributed by atoms with Crippen LogP contribution in [0.5, 0.6) is 5.75 Å². The van der Waals surface area contributed by atoms with Gasteiger partial charge in [-0.05, 0) is 42.5 Å². The van der Waals surface area contributed by atoms with Gasteiger partial charge in [-0.2, -0.15) is 26.3 Å². The number of nitrogens with one attached hydrogen (secondary N) is 1. The van der Waals surface area contributed by atoms with Crippen molar-refractivity contribution in [2.24, 2.45) is 5.92 Å². The summed E-state index contributed by atoms with van der Waals surface area (Å²) in [5.74, 6) is -5.15. The second kappa shape index (κ2) is 11.3. The molecule has 1 aromatic heterocycles. The first-order chi connectivity index (χ1) is 21.6. The van der Waals surface area contributed by atoms with Crippen LogP contribution in [0.25, 0.3) is 0 Å². The van der Waals surface area contributed by atoms with Gasteiger partial charge in [0.1, 0.15) is 17.5 Å². The average Bonchev–Trinajstić information content (AvgIpc) is 3.43. The largest absolute Gasteiger partial charge is 0.508 e. The van der Waals surface area contributed by atoms with Crippen LogP contribution in [0.4, 0.5) is 37.7 Å². The highest BCUT2D eigenvalue weighted by Crippen LogP contribution is 2.55. The molecule has 46 heavy (non-hydrogen) atoms. The summed E-state index contributed by atoms with van der Waals surface area (Å²) in [4.78, 5) is 54.1. The van der Waals surface area contributed by atoms with Crippen molar-refractivity contribution in [3.63, 3.8) is 0 Å². The Balaban J connectivity index is 1.39. The SMILES string of the molecule is O=C(Cn1c2c(sc1=O)[C@@H](c1ccccc1O)[C@H]1C(=O)N(c3cccc(C(F)(F)F)c3)C(=O)[C@H]1S2)Nc1cccc(C(F)(F)F)c1. The van der Waals surface area contributed by atoms with E-state index in [-0.39, 0.29) is 32.6 Å². The van der Waals surface area contributed by atoms with Gasteiger partial charge in [-0.25, -0.2) is 4.90 Å². The summed E-state index contributed by atoms with van der Waals surface area (Å²) in [6, 6.07) is 13.5. The van der Waals surface area contributed by atoms with Crippen LogP contribution < -0.4 is 15.1 Å². The Morgan fingerprint density at radius 2 is 1.50 bits per heavy atom.